The van der Waals surface area contributed by atoms with E-state index in [9.17, 15) is 9.59 Å². The van der Waals surface area contributed by atoms with Crippen molar-refractivity contribution in [1.82, 2.24) is 0 Å². The Morgan fingerprint density at radius 2 is 1.62 bits per heavy atom. The van der Waals surface area contributed by atoms with Crippen LogP contribution in [-0.2, 0) is 11.2 Å². The van der Waals surface area contributed by atoms with Gasteiger partial charge in [0, 0.05) is 17.0 Å². The predicted molar refractivity (Wildman–Crippen MR) is 116 cm³/mol. The zero-order valence-corrected chi connectivity index (χ0v) is 17.3. The summed E-state index contributed by atoms with van der Waals surface area (Å²) in [6.07, 6.45) is 0.887. The van der Waals surface area contributed by atoms with Crippen LogP contribution in [0.2, 0.25) is 10.0 Å². The number of amides is 1. The molecule has 3 aromatic rings. The van der Waals surface area contributed by atoms with Crippen molar-refractivity contribution in [3.8, 4) is 5.75 Å². The van der Waals surface area contributed by atoms with Crippen LogP contribution in [0, 0.1) is 6.92 Å². The quantitative estimate of drug-likeness (QED) is 0.382. The molecule has 0 radical (unpaired) electrons. The molecular formula is C23H19Cl2NO3. The molecule has 0 bridgehead atoms. The maximum atomic E-state index is 12.4. The van der Waals surface area contributed by atoms with Crippen molar-refractivity contribution in [2.75, 3.05) is 5.32 Å². The average Bonchev–Trinajstić information content (AvgIpc) is 2.71. The molecule has 1 N–H and O–H groups in total. The zero-order valence-electron chi connectivity index (χ0n) is 15.7. The van der Waals surface area contributed by atoms with E-state index in [1.54, 1.807) is 42.5 Å². The van der Waals surface area contributed by atoms with Crippen molar-refractivity contribution in [2.45, 2.75) is 19.8 Å². The smallest absolute Gasteiger partial charge is 0.311 e. The molecule has 0 spiro atoms. The predicted octanol–water partition coefficient (Wildman–Crippen LogP) is 6.09. The summed E-state index contributed by atoms with van der Waals surface area (Å²) in [4.78, 5) is 24.4. The number of rotatable bonds is 6. The molecule has 0 aromatic heterocycles. The number of nitrogens with one attached hydrogen (secondary N) is 1. The lowest BCUT2D eigenvalue weighted by molar-refractivity contribution is -0.134. The fourth-order valence-electron chi connectivity index (χ4n) is 2.65. The second kappa shape index (κ2) is 9.59. The van der Waals surface area contributed by atoms with E-state index in [4.69, 9.17) is 27.9 Å². The maximum Gasteiger partial charge on any atom is 0.311 e. The Kier molecular flexibility index (Phi) is 6.91. The van der Waals surface area contributed by atoms with Crippen LogP contribution >= 0.6 is 23.2 Å². The van der Waals surface area contributed by atoms with Crippen LogP contribution in [0.15, 0.2) is 66.7 Å². The van der Waals surface area contributed by atoms with Crippen molar-refractivity contribution in [3.05, 3.63) is 93.5 Å². The minimum atomic E-state index is -0.341. The lowest BCUT2D eigenvalue weighted by atomic mass is 10.1. The van der Waals surface area contributed by atoms with E-state index >= 15 is 0 Å². The van der Waals surface area contributed by atoms with E-state index in [1.165, 1.54) is 5.56 Å². The van der Waals surface area contributed by atoms with Gasteiger partial charge >= 0.3 is 5.97 Å². The molecule has 0 fully saturated rings. The summed E-state index contributed by atoms with van der Waals surface area (Å²) in [7, 11) is 0. The van der Waals surface area contributed by atoms with Crippen molar-refractivity contribution < 1.29 is 14.3 Å². The molecule has 0 saturated carbocycles. The number of hydrogen-bond donors (Lipinski definition) is 1. The summed E-state index contributed by atoms with van der Waals surface area (Å²) >= 11 is 12.0. The molecule has 0 heterocycles. The van der Waals surface area contributed by atoms with Crippen LogP contribution < -0.4 is 10.1 Å². The summed E-state index contributed by atoms with van der Waals surface area (Å²) < 4.78 is 5.34. The summed E-state index contributed by atoms with van der Waals surface area (Å²) in [5, 5.41) is 3.57. The minimum Gasteiger partial charge on any atom is -0.427 e. The van der Waals surface area contributed by atoms with E-state index in [2.05, 4.69) is 5.32 Å². The van der Waals surface area contributed by atoms with Crippen LogP contribution in [-0.4, -0.2) is 11.9 Å². The largest absolute Gasteiger partial charge is 0.427 e. The molecule has 0 atom stereocenters. The van der Waals surface area contributed by atoms with Crippen molar-refractivity contribution in [1.29, 1.82) is 0 Å². The molecule has 4 nitrogen and oxygen atoms in total. The lowest BCUT2D eigenvalue weighted by Crippen LogP contribution is -2.13. The Morgan fingerprint density at radius 1 is 0.931 bits per heavy atom. The third kappa shape index (κ3) is 6.08. The number of anilines is 1. The Hall–Kier alpha value is -2.82. The zero-order chi connectivity index (χ0) is 20.8. The highest BCUT2D eigenvalue weighted by molar-refractivity contribution is 6.35. The van der Waals surface area contributed by atoms with E-state index in [1.807, 2.05) is 31.2 Å². The third-order valence-corrected chi connectivity index (χ3v) is 4.83. The number of halogens is 2. The van der Waals surface area contributed by atoms with Crippen LogP contribution in [0.25, 0.3) is 0 Å². The number of benzene rings is 3. The van der Waals surface area contributed by atoms with Crippen molar-refractivity contribution in [3.63, 3.8) is 0 Å². The van der Waals surface area contributed by atoms with Crippen LogP contribution in [0.4, 0.5) is 5.69 Å². The van der Waals surface area contributed by atoms with Gasteiger partial charge in [0.25, 0.3) is 5.91 Å². The molecule has 29 heavy (non-hydrogen) atoms. The van der Waals surface area contributed by atoms with E-state index in [0.717, 1.165) is 5.56 Å². The van der Waals surface area contributed by atoms with Gasteiger partial charge in [0.1, 0.15) is 5.75 Å². The van der Waals surface area contributed by atoms with Gasteiger partial charge in [-0.25, -0.2) is 0 Å². The Labute approximate surface area is 179 Å². The Bertz CT molecular complexity index is 1020. The molecule has 0 aliphatic heterocycles. The SMILES string of the molecule is Cc1ccc(CCC(=O)Oc2ccc(C(=O)Nc3cc(Cl)ccc3Cl)cc2)cc1. The molecule has 0 unspecified atom stereocenters. The molecule has 0 saturated heterocycles. The fourth-order valence-corrected chi connectivity index (χ4v) is 2.98. The molecule has 1 amide bonds. The van der Waals surface area contributed by atoms with Gasteiger partial charge in [0.15, 0.2) is 0 Å². The van der Waals surface area contributed by atoms with Crippen LogP contribution in [0.3, 0.4) is 0 Å². The van der Waals surface area contributed by atoms with Gasteiger partial charge in [-0.3, -0.25) is 9.59 Å². The summed E-state index contributed by atoms with van der Waals surface area (Å²) in [5.74, 6) is -0.281. The standard InChI is InChI=1S/C23H19Cl2NO3/c1-15-2-4-16(5-3-15)6-13-22(27)29-19-10-7-17(8-11-19)23(28)26-21-14-18(24)9-12-20(21)25/h2-5,7-12,14H,6,13H2,1H3,(H,26,28). The Morgan fingerprint density at radius 3 is 2.31 bits per heavy atom. The van der Waals surface area contributed by atoms with E-state index < -0.39 is 0 Å². The molecule has 3 rings (SSSR count). The van der Waals surface area contributed by atoms with Gasteiger partial charge in [-0.2, -0.15) is 0 Å². The van der Waals surface area contributed by atoms with Gasteiger partial charge in [-0.15, -0.1) is 0 Å². The van der Waals surface area contributed by atoms with E-state index in [-0.39, 0.29) is 18.3 Å². The number of carbonyl (C=O) groups is 2. The number of esters is 1. The van der Waals surface area contributed by atoms with Crippen LogP contribution in [0.5, 0.6) is 5.75 Å². The first kappa shape index (κ1) is 20.9. The van der Waals surface area contributed by atoms with E-state index in [0.29, 0.717) is 33.5 Å². The maximum absolute atomic E-state index is 12.4. The van der Waals surface area contributed by atoms with Crippen molar-refractivity contribution in [2.24, 2.45) is 0 Å². The molecule has 3 aromatic carbocycles. The Balaban J connectivity index is 1.55. The minimum absolute atomic E-state index is 0.276. The normalized spacial score (nSPS) is 10.4. The fraction of sp³-hybridized carbons (Fsp3) is 0.130. The number of carbonyl (C=O) groups excluding carboxylic acids is 2. The highest BCUT2D eigenvalue weighted by Crippen LogP contribution is 2.26. The molecule has 0 aliphatic carbocycles. The molecular weight excluding hydrogens is 409 g/mol. The summed E-state index contributed by atoms with van der Waals surface area (Å²) in [6.45, 7) is 2.02. The third-order valence-electron chi connectivity index (χ3n) is 4.26. The molecule has 6 heteroatoms. The highest BCUT2D eigenvalue weighted by Gasteiger charge is 2.11. The van der Waals surface area contributed by atoms with Gasteiger partial charge < -0.3 is 10.1 Å². The molecule has 148 valence electrons. The molecule has 0 aliphatic rings. The van der Waals surface area contributed by atoms with Gasteiger partial charge in [-0.1, -0.05) is 53.0 Å². The van der Waals surface area contributed by atoms with Crippen LogP contribution in [0.1, 0.15) is 27.9 Å². The first-order chi connectivity index (χ1) is 13.9. The monoisotopic (exact) mass is 427 g/mol. The lowest BCUT2D eigenvalue weighted by Gasteiger charge is -2.09. The number of hydrogen-bond acceptors (Lipinski definition) is 3. The second-order valence-electron chi connectivity index (χ2n) is 6.56. The van der Waals surface area contributed by atoms with Gasteiger partial charge in [-0.05, 0) is 61.4 Å². The van der Waals surface area contributed by atoms with Gasteiger partial charge in [0.2, 0.25) is 0 Å². The average molecular weight is 428 g/mol. The number of ether oxygens (including phenoxy) is 1. The number of aryl methyl sites for hydroxylation is 2. The summed E-state index contributed by atoms with van der Waals surface area (Å²) in [6, 6.07) is 19.2. The summed E-state index contributed by atoms with van der Waals surface area (Å²) in [5.41, 5.74) is 3.09. The first-order valence-corrected chi connectivity index (χ1v) is 9.79. The second-order valence-corrected chi connectivity index (χ2v) is 7.41. The first-order valence-electron chi connectivity index (χ1n) is 9.03. The van der Waals surface area contributed by atoms with Crippen molar-refractivity contribution >= 4 is 40.8 Å². The highest BCUT2D eigenvalue weighted by atomic mass is 35.5. The van der Waals surface area contributed by atoms with Gasteiger partial charge in [0.05, 0.1) is 10.7 Å². The topological polar surface area (TPSA) is 55.4 Å².